The van der Waals surface area contributed by atoms with Gasteiger partial charge in [0.2, 0.25) is 0 Å². The first-order valence-electron chi connectivity index (χ1n) is 8.54. The lowest BCUT2D eigenvalue weighted by Crippen LogP contribution is -2.14. The van der Waals surface area contributed by atoms with Gasteiger partial charge in [0.1, 0.15) is 22.2 Å². The maximum absolute atomic E-state index is 13.0. The Morgan fingerprint density at radius 1 is 1.04 bits per heavy atom. The number of nitrogens with one attached hydrogen (secondary N) is 1. The van der Waals surface area contributed by atoms with Crippen LogP contribution >= 0.6 is 11.3 Å². The number of carbonyl (C=O) groups is 1. The predicted molar refractivity (Wildman–Crippen MR) is 110 cm³/mol. The quantitative estimate of drug-likeness (QED) is 0.537. The largest absolute Gasteiger partial charge is 0.497 e. The maximum atomic E-state index is 13.0. The van der Waals surface area contributed by atoms with E-state index in [1.54, 1.807) is 50.7 Å². The third-order valence-corrected chi connectivity index (χ3v) is 5.25. The molecular formula is C21H17N3O3S. The molecule has 0 bridgehead atoms. The van der Waals surface area contributed by atoms with Crippen LogP contribution in [0.2, 0.25) is 0 Å². The highest BCUT2D eigenvalue weighted by atomic mass is 32.1. The summed E-state index contributed by atoms with van der Waals surface area (Å²) < 4.78 is 11.6. The zero-order chi connectivity index (χ0) is 19.5. The van der Waals surface area contributed by atoms with Crippen LogP contribution < -0.4 is 14.8 Å². The van der Waals surface area contributed by atoms with E-state index in [4.69, 9.17) is 9.47 Å². The lowest BCUT2D eigenvalue weighted by molar-refractivity contribution is 0.102. The van der Waals surface area contributed by atoms with Crippen molar-refractivity contribution >= 4 is 33.1 Å². The van der Waals surface area contributed by atoms with Gasteiger partial charge in [-0.2, -0.15) is 0 Å². The Kier molecular flexibility index (Phi) is 4.90. The number of ether oxygens (including phenoxy) is 2. The van der Waals surface area contributed by atoms with E-state index in [-0.39, 0.29) is 5.91 Å². The van der Waals surface area contributed by atoms with Crippen LogP contribution in [0.4, 0.5) is 5.69 Å². The molecule has 28 heavy (non-hydrogen) atoms. The van der Waals surface area contributed by atoms with Crippen molar-refractivity contribution in [3.63, 3.8) is 0 Å². The highest BCUT2D eigenvalue weighted by Gasteiger charge is 2.18. The first kappa shape index (κ1) is 17.9. The van der Waals surface area contributed by atoms with E-state index < -0.39 is 0 Å². The molecule has 0 spiro atoms. The summed E-state index contributed by atoms with van der Waals surface area (Å²) in [6, 6.07) is 16.5. The molecule has 2 aromatic heterocycles. The number of benzene rings is 2. The number of fused-ring (bicyclic) bond motifs is 1. The number of methoxy groups -OCH3 is 2. The molecule has 2 heterocycles. The minimum Gasteiger partial charge on any atom is -0.497 e. The van der Waals surface area contributed by atoms with Crippen LogP contribution in [0, 0.1) is 0 Å². The van der Waals surface area contributed by atoms with Gasteiger partial charge in [-0.05, 0) is 36.4 Å². The first-order valence-corrected chi connectivity index (χ1v) is 9.35. The van der Waals surface area contributed by atoms with Crippen LogP contribution in [-0.2, 0) is 0 Å². The number of amides is 1. The topological polar surface area (TPSA) is 73.3 Å². The van der Waals surface area contributed by atoms with Crippen molar-refractivity contribution in [3.05, 3.63) is 66.4 Å². The summed E-state index contributed by atoms with van der Waals surface area (Å²) in [4.78, 5) is 22.1. The maximum Gasteiger partial charge on any atom is 0.258 e. The summed E-state index contributed by atoms with van der Waals surface area (Å²) in [6.45, 7) is 0. The van der Waals surface area contributed by atoms with E-state index in [0.29, 0.717) is 33.5 Å². The Morgan fingerprint density at radius 2 is 1.89 bits per heavy atom. The Labute approximate surface area is 165 Å². The number of carbonyl (C=O) groups excluding carboxylic acids is 1. The van der Waals surface area contributed by atoms with Crippen LogP contribution in [0.15, 0.2) is 60.8 Å². The molecule has 0 radical (unpaired) electrons. The standard InChI is InChI=1S/C21H17N3O3S/c1-26-13-9-10-17(27-2)16(12-13)23-20(25)14-6-5-11-22-19(14)21-24-15-7-3-4-8-18(15)28-21/h3-12H,1-2H3,(H,23,25). The Hall–Kier alpha value is -3.45. The number of rotatable bonds is 5. The van der Waals surface area contributed by atoms with Gasteiger partial charge in [-0.1, -0.05) is 12.1 Å². The van der Waals surface area contributed by atoms with Crippen molar-refractivity contribution < 1.29 is 14.3 Å². The van der Waals surface area contributed by atoms with Gasteiger partial charge in [-0.25, -0.2) is 4.98 Å². The molecule has 7 heteroatoms. The van der Waals surface area contributed by atoms with Crippen molar-refractivity contribution in [3.8, 4) is 22.2 Å². The molecular weight excluding hydrogens is 374 g/mol. The molecule has 0 aliphatic rings. The SMILES string of the molecule is COc1ccc(OC)c(NC(=O)c2cccnc2-c2nc3ccccc3s2)c1. The van der Waals surface area contributed by atoms with E-state index >= 15 is 0 Å². The van der Waals surface area contributed by atoms with E-state index in [1.165, 1.54) is 11.3 Å². The number of hydrogen-bond donors (Lipinski definition) is 1. The Bertz CT molecular complexity index is 1120. The lowest BCUT2D eigenvalue weighted by atomic mass is 10.1. The molecule has 0 saturated carbocycles. The number of thiazole rings is 1. The van der Waals surface area contributed by atoms with Crippen molar-refractivity contribution in [1.82, 2.24) is 9.97 Å². The molecule has 0 saturated heterocycles. The summed E-state index contributed by atoms with van der Waals surface area (Å²) in [7, 11) is 3.12. The average molecular weight is 391 g/mol. The summed E-state index contributed by atoms with van der Waals surface area (Å²) in [5.74, 6) is 0.863. The highest BCUT2D eigenvalue weighted by Crippen LogP contribution is 2.32. The fraction of sp³-hybridized carbons (Fsp3) is 0.0952. The van der Waals surface area contributed by atoms with Crippen LogP contribution in [0.3, 0.4) is 0 Å². The minimum absolute atomic E-state index is 0.297. The van der Waals surface area contributed by atoms with Gasteiger partial charge in [0.15, 0.2) is 0 Å². The molecule has 0 aliphatic heterocycles. The molecule has 1 amide bonds. The van der Waals surface area contributed by atoms with Crippen molar-refractivity contribution in [2.45, 2.75) is 0 Å². The van der Waals surface area contributed by atoms with Gasteiger partial charge in [-0.3, -0.25) is 9.78 Å². The van der Waals surface area contributed by atoms with Crippen molar-refractivity contribution in [2.24, 2.45) is 0 Å². The van der Waals surface area contributed by atoms with Gasteiger partial charge >= 0.3 is 0 Å². The zero-order valence-electron chi connectivity index (χ0n) is 15.3. The molecule has 1 N–H and O–H groups in total. The van der Waals surface area contributed by atoms with E-state index in [0.717, 1.165) is 10.2 Å². The summed E-state index contributed by atoms with van der Waals surface area (Å²) >= 11 is 1.50. The second kappa shape index (κ2) is 7.66. The Balaban J connectivity index is 1.71. The molecule has 140 valence electrons. The van der Waals surface area contributed by atoms with Crippen LogP contribution in [0.25, 0.3) is 20.9 Å². The first-order chi connectivity index (χ1) is 13.7. The zero-order valence-corrected chi connectivity index (χ0v) is 16.1. The Morgan fingerprint density at radius 3 is 2.68 bits per heavy atom. The fourth-order valence-corrected chi connectivity index (χ4v) is 3.81. The summed E-state index contributed by atoms with van der Waals surface area (Å²) in [5.41, 5.74) is 2.38. The number of nitrogens with zero attached hydrogens (tertiary/aromatic N) is 2. The predicted octanol–water partition coefficient (Wildman–Crippen LogP) is 4.63. The van der Waals surface area contributed by atoms with Crippen LogP contribution in [0.5, 0.6) is 11.5 Å². The third-order valence-electron chi connectivity index (χ3n) is 4.20. The van der Waals surface area contributed by atoms with Gasteiger partial charge in [0.05, 0.1) is 35.7 Å². The monoisotopic (exact) mass is 391 g/mol. The summed E-state index contributed by atoms with van der Waals surface area (Å²) in [6.07, 6.45) is 1.66. The van der Waals surface area contributed by atoms with Gasteiger partial charge < -0.3 is 14.8 Å². The third kappa shape index (κ3) is 3.39. The second-order valence-corrected chi connectivity index (χ2v) is 6.94. The number of anilines is 1. The molecule has 0 atom stereocenters. The van der Waals surface area contributed by atoms with Gasteiger partial charge in [0.25, 0.3) is 5.91 Å². The fourth-order valence-electron chi connectivity index (χ4n) is 2.83. The highest BCUT2D eigenvalue weighted by molar-refractivity contribution is 7.21. The molecule has 0 fully saturated rings. The van der Waals surface area contributed by atoms with E-state index in [2.05, 4.69) is 15.3 Å². The number of para-hydroxylation sites is 1. The van der Waals surface area contributed by atoms with Crippen LogP contribution in [0.1, 0.15) is 10.4 Å². The molecule has 0 aliphatic carbocycles. The molecule has 0 unspecified atom stereocenters. The second-order valence-electron chi connectivity index (χ2n) is 5.91. The normalized spacial score (nSPS) is 10.6. The van der Waals surface area contributed by atoms with E-state index in [1.807, 2.05) is 24.3 Å². The smallest absolute Gasteiger partial charge is 0.258 e. The van der Waals surface area contributed by atoms with Gasteiger partial charge in [-0.15, -0.1) is 11.3 Å². The van der Waals surface area contributed by atoms with Crippen LogP contribution in [-0.4, -0.2) is 30.1 Å². The molecule has 6 nitrogen and oxygen atoms in total. The van der Waals surface area contributed by atoms with Crippen molar-refractivity contribution in [2.75, 3.05) is 19.5 Å². The molecule has 4 aromatic rings. The number of aromatic nitrogens is 2. The average Bonchev–Trinajstić information content (AvgIpc) is 3.17. The molecule has 2 aromatic carbocycles. The minimum atomic E-state index is -0.297. The van der Waals surface area contributed by atoms with Crippen molar-refractivity contribution in [1.29, 1.82) is 0 Å². The summed E-state index contributed by atoms with van der Waals surface area (Å²) in [5, 5.41) is 3.59. The van der Waals surface area contributed by atoms with E-state index in [9.17, 15) is 4.79 Å². The number of pyridine rings is 1. The van der Waals surface area contributed by atoms with Gasteiger partial charge in [0, 0.05) is 12.3 Å². The molecule has 4 rings (SSSR count). The number of hydrogen-bond acceptors (Lipinski definition) is 6. The lowest BCUT2D eigenvalue weighted by Gasteiger charge is -2.12.